The summed E-state index contributed by atoms with van der Waals surface area (Å²) in [6.07, 6.45) is 0.266. The number of ether oxygens (including phenoxy) is 2. The van der Waals surface area contributed by atoms with Crippen LogP contribution in [0.15, 0.2) is 60.7 Å². The van der Waals surface area contributed by atoms with E-state index < -0.39 is 5.54 Å². The second-order valence-corrected chi connectivity index (χ2v) is 9.89. The molecule has 3 aromatic rings. The van der Waals surface area contributed by atoms with E-state index in [-0.39, 0.29) is 18.2 Å². The summed E-state index contributed by atoms with van der Waals surface area (Å²) in [6.45, 7) is 5.56. The summed E-state index contributed by atoms with van der Waals surface area (Å²) in [6, 6.07) is 17.9. The molecule has 0 bridgehead atoms. The van der Waals surface area contributed by atoms with Crippen molar-refractivity contribution in [1.29, 1.82) is 0 Å². The van der Waals surface area contributed by atoms with Crippen molar-refractivity contribution in [1.82, 2.24) is 4.90 Å². The van der Waals surface area contributed by atoms with E-state index in [1.54, 1.807) is 48.3 Å². The zero-order valence-electron chi connectivity index (χ0n) is 21.6. The van der Waals surface area contributed by atoms with Crippen LogP contribution in [-0.2, 0) is 21.5 Å². The molecule has 3 aromatic carbocycles. The molecule has 0 aliphatic carbocycles. The number of likely N-dealkylation sites (N-methyl/N-ethyl adjacent to an activating group) is 1. The Morgan fingerprint density at radius 3 is 2.53 bits per heavy atom. The van der Waals surface area contributed by atoms with Crippen LogP contribution >= 0.6 is 23.2 Å². The number of benzene rings is 3. The average molecular weight is 556 g/mol. The molecule has 38 heavy (non-hydrogen) atoms. The molecule has 4 rings (SSSR count). The van der Waals surface area contributed by atoms with Crippen molar-refractivity contribution in [2.45, 2.75) is 25.8 Å². The smallest absolute Gasteiger partial charge is 0.255 e. The minimum Gasteiger partial charge on any atom is -0.492 e. The van der Waals surface area contributed by atoms with Crippen molar-refractivity contribution in [2.75, 3.05) is 44.0 Å². The molecule has 9 heteroatoms. The summed E-state index contributed by atoms with van der Waals surface area (Å²) in [7, 11) is 1.72. The number of rotatable bonds is 11. The van der Waals surface area contributed by atoms with Crippen molar-refractivity contribution in [3.05, 3.63) is 87.4 Å². The lowest BCUT2D eigenvalue weighted by atomic mass is 9.84. The molecule has 1 aliphatic rings. The van der Waals surface area contributed by atoms with Gasteiger partial charge < -0.3 is 25.0 Å². The Labute approximate surface area is 233 Å². The third-order valence-electron chi connectivity index (χ3n) is 6.45. The number of anilines is 2. The number of hydrogen-bond acceptors (Lipinski definition) is 5. The van der Waals surface area contributed by atoms with Crippen LogP contribution in [0.1, 0.15) is 35.3 Å². The standard InChI is InChI=1S/C29H31Cl2N3O4/c1-4-37-15-14-34(3)27(35)22-10-7-11-25(38-5-2)26(22)33-29(18-19-8-6-9-20(30)16-19)23-13-12-21(31)17-24(23)32-28(29)36/h6-13,16-17,33H,4-5,14-15,18H2,1-3H3,(H,32,36). The number of carbonyl (C=O) groups is 2. The number of hydrogen-bond donors (Lipinski definition) is 2. The van der Waals surface area contributed by atoms with E-state index in [0.29, 0.717) is 64.7 Å². The Hall–Kier alpha value is -3.26. The third-order valence-corrected chi connectivity index (χ3v) is 6.92. The topological polar surface area (TPSA) is 79.9 Å². The molecule has 0 fully saturated rings. The second kappa shape index (κ2) is 12.1. The minimum absolute atomic E-state index is 0.221. The van der Waals surface area contributed by atoms with Gasteiger partial charge in [-0.3, -0.25) is 9.59 Å². The second-order valence-electron chi connectivity index (χ2n) is 9.02. The fourth-order valence-corrected chi connectivity index (χ4v) is 5.01. The van der Waals surface area contributed by atoms with Crippen molar-refractivity contribution >= 4 is 46.4 Å². The van der Waals surface area contributed by atoms with Gasteiger partial charge in [0.25, 0.3) is 11.8 Å². The molecule has 7 nitrogen and oxygen atoms in total. The minimum atomic E-state index is -1.27. The maximum absolute atomic E-state index is 13.8. The molecule has 0 radical (unpaired) electrons. The van der Waals surface area contributed by atoms with E-state index in [1.165, 1.54) is 0 Å². The molecular formula is C29H31Cl2N3O4. The first kappa shape index (κ1) is 27.8. The predicted octanol–water partition coefficient (Wildman–Crippen LogP) is 6.00. The zero-order valence-corrected chi connectivity index (χ0v) is 23.2. The normalized spacial score (nSPS) is 16.1. The van der Waals surface area contributed by atoms with Crippen LogP contribution < -0.4 is 15.4 Å². The van der Waals surface area contributed by atoms with Gasteiger partial charge in [0.1, 0.15) is 11.3 Å². The van der Waals surface area contributed by atoms with E-state index in [0.717, 1.165) is 5.56 Å². The predicted molar refractivity (Wildman–Crippen MR) is 152 cm³/mol. The Balaban J connectivity index is 1.84. The van der Waals surface area contributed by atoms with Crippen molar-refractivity contribution in [3.8, 4) is 5.75 Å². The van der Waals surface area contributed by atoms with Crippen LogP contribution in [0.2, 0.25) is 10.0 Å². The van der Waals surface area contributed by atoms with Gasteiger partial charge in [-0.25, -0.2) is 0 Å². The van der Waals surface area contributed by atoms with Gasteiger partial charge in [-0.05, 0) is 55.8 Å². The van der Waals surface area contributed by atoms with Gasteiger partial charge in [0, 0.05) is 47.9 Å². The monoisotopic (exact) mass is 555 g/mol. The number of halogens is 2. The number of nitrogens with zero attached hydrogens (tertiary/aromatic N) is 1. The lowest BCUT2D eigenvalue weighted by Gasteiger charge is -2.32. The van der Waals surface area contributed by atoms with Crippen molar-refractivity contribution in [2.24, 2.45) is 0 Å². The molecule has 1 atom stereocenters. The van der Waals surface area contributed by atoms with Gasteiger partial charge in [0.15, 0.2) is 0 Å². The van der Waals surface area contributed by atoms with Crippen LogP contribution in [0, 0.1) is 0 Å². The highest BCUT2D eigenvalue weighted by Gasteiger charge is 2.48. The molecule has 1 heterocycles. The highest BCUT2D eigenvalue weighted by molar-refractivity contribution is 6.31. The van der Waals surface area contributed by atoms with Gasteiger partial charge >= 0.3 is 0 Å². The summed E-state index contributed by atoms with van der Waals surface area (Å²) in [5, 5.41) is 7.51. The molecule has 0 saturated heterocycles. The molecule has 1 unspecified atom stereocenters. The first-order chi connectivity index (χ1) is 18.3. The Morgan fingerprint density at radius 1 is 1.03 bits per heavy atom. The number of carbonyl (C=O) groups excluding carboxylic acids is 2. The lowest BCUT2D eigenvalue weighted by molar-refractivity contribution is -0.119. The van der Waals surface area contributed by atoms with Crippen LogP contribution in [0.4, 0.5) is 11.4 Å². The van der Waals surface area contributed by atoms with Gasteiger partial charge in [-0.15, -0.1) is 0 Å². The van der Waals surface area contributed by atoms with Crippen LogP contribution in [0.5, 0.6) is 5.75 Å². The van der Waals surface area contributed by atoms with Gasteiger partial charge in [-0.1, -0.05) is 47.5 Å². The van der Waals surface area contributed by atoms with Gasteiger partial charge in [0.05, 0.1) is 24.5 Å². The number of nitrogens with one attached hydrogen (secondary N) is 2. The fourth-order valence-electron chi connectivity index (χ4n) is 4.62. The molecule has 200 valence electrons. The summed E-state index contributed by atoms with van der Waals surface area (Å²) < 4.78 is 11.4. The van der Waals surface area contributed by atoms with Crippen molar-refractivity contribution < 1.29 is 19.1 Å². The molecule has 0 spiro atoms. The average Bonchev–Trinajstić information content (AvgIpc) is 3.14. The van der Waals surface area contributed by atoms with Crippen molar-refractivity contribution in [3.63, 3.8) is 0 Å². The SMILES string of the molecule is CCOCCN(C)C(=O)c1cccc(OCC)c1NC1(Cc2cccc(Cl)c2)C(=O)Nc2cc(Cl)ccc21. The van der Waals surface area contributed by atoms with E-state index in [2.05, 4.69) is 10.6 Å². The lowest BCUT2D eigenvalue weighted by Crippen LogP contribution is -2.45. The van der Waals surface area contributed by atoms with E-state index in [4.69, 9.17) is 32.7 Å². The summed E-state index contributed by atoms with van der Waals surface area (Å²) in [5.74, 6) is -0.0252. The highest BCUT2D eigenvalue weighted by Crippen LogP contribution is 2.44. The first-order valence-electron chi connectivity index (χ1n) is 12.5. The molecule has 0 saturated carbocycles. The largest absolute Gasteiger partial charge is 0.492 e. The van der Waals surface area contributed by atoms with Crippen LogP contribution in [0.3, 0.4) is 0 Å². The molecule has 1 aliphatic heterocycles. The summed E-state index contributed by atoms with van der Waals surface area (Å²) in [4.78, 5) is 29.0. The maximum atomic E-state index is 13.8. The number of fused-ring (bicyclic) bond motifs is 1. The van der Waals surface area contributed by atoms with E-state index in [1.807, 2.05) is 38.1 Å². The van der Waals surface area contributed by atoms with E-state index in [9.17, 15) is 9.59 Å². The van der Waals surface area contributed by atoms with E-state index >= 15 is 0 Å². The summed E-state index contributed by atoms with van der Waals surface area (Å²) >= 11 is 12.6. The van der Waals surface area contributed by atoms with Gasteiger partial charge in [-0.2, -0.15) is 0 Å². The summed E-state index contributed by atoms with van der Waals surface area (Å²) in [5.41, 5.74) is 1.71. The number of para-hydroxylation sites is 1. The molecule has 2 amide bonds. The van der Waals surface area contributed by atoms with Crippen LogP contribution in [-0.4, -0.2) is 50.1 Å². The molecular weight excluding hydrogens is 525 g/mol. The fraction of sp³-hybridized carbons (Fsp3) is 0.310. The Bertz CT molecular complexity index is 1330. The highest BCUT2D eigenvalue weighted by atomic mass is 35.5. The van der Waals surface area contributed by atoms with Gasteiger partial charge in [0.2, 0.25) is 0 Å². The molecule has 0 aromatic heterocycles. The maximum Gasteiger partial charge on any atom is 0.255 e. The molecule has 2 N–H and O–H groups in total. The first-order valence-corrected chi connectivity index (χ1v) is 13.3. The Kier molecular flexibility index (Phi) is 8.82. The van der Waals surface area contributed by atoms with Crippen LogP contribution in [0.25, 0.3) is 0 Å². The Morgan fingerprint density at radius 2 is 1.79 bits per heavy atom. The number of amides is 2. The zero-order chi connectivity index (χ0) is 27.3. The quantitative estimate of drug-likeness (QED) is 0.283. The third kappa shape index (κ3) is 5.75.